The molecule has 1 aromatic carbocycles. The molecule has 0 aromatic heterocycles. The third-order valence-electron chi connectivity index (χ3n) is 2.30. The van der Waals surface area contributed by atoms with Gasteiger partial charge in [0.25, 0.3) is 0 Å². The average molecular weight is 246 g/mol. The number of rotatable bonds is 6. The Morgan fingerprint density at radius 2 is 1.69 bits per heavy atom. The topological polar surface area (TPSA) is 72.7 Å². The minimum atomic E-state index is -0.683. The van der Waals surface area contributed by atoms with Crippen LogP contribution in [0.4, 0.5) is 0 Å². The van der Waals surface area contributed by atoms with Crippen molar-refractivity contribution in [3.05, 3.63) is 34.9 Å². The van der Waals surface area contributed by atoms with Gasteiger partial charge in [0.1, 0.15) is 0 Å². The van der Waals surface area contributed by atoms with Gasteiger partial charge in [0.05, 0.1) is 25.4 Å². The highest BCUT2D eigenvalue weighted by Gasteiger charge is 2.10. The molecule has 4 nitrogen and oxygen atoms in total. The highest BCUT2D eigenvalue weighted by molar-refractivity contribution is 6.30. The maximum absolute atomic E-state index is 9.78. The summed E-state index contributed by atoms with van der Waals surface area (Å²) in [7, 11) is 0. The predicted octanol–water partition coefficient (Wildman–Crippen LogP) is 0.316. The van der Waals surface area contributed by atoms with Crippen molar-refractivity contribution in [3.63, 3.8) is 0 Å². The summed E-state index contributed by atoms with van der Waals surface area (Å²) < 4.78 is 0. The van der Waals surface area contributed by atoms with Gasteiger partial charge in [-0.3, -0.25) is 0 Å². The van der Waals surface area contributed by atoms with Crippen LogP contribution in [0.2, 0.25) is 5.02 Å². The molecule has 0 spiro atoms. The van der Waals surface area contributed by atoms with Crippen LogP contribution in [-0.4, -0.2) is 41.1 Å². The minimum absolute atomic E-state index is 0.163. The van der Waals surface area contributed by atoms with Gasteiger partial charge in [-0.05, 0) is 17.7 Å². The van der Waals surface area contributed by atoms with E-state index in [2.05, 4.69) is 5.32 Å². The molecule has 5 heteroatoms. The van der Waals surface area contributed by atoms with E-state index in [0.717, 1.165) is 5.56 Å². The van der Waals surface area contributed by atoms with E-state index in [1.165, 1.54) is 0 Å². The zero-order valence-corrected chi connectivity index (χ0v) is 9.56. The van der Waals surface area contributed by atoms with Crippen LogP contribution in [0.3, 0.4) is 0 Å². The SMILES string of the molecule is OCC(CO)NCC(O)c1ccc(Cl)cc1. The molecule has 0 saturated carbocycles. The van der Waals surface area contributed by atoms with E-state index in [0.29, 0.717) is 5.02 Å². The van der Waals surface area contributed by atoms with Crippen molar-refractivity contribution >= 4 is 11.6 Å². The van der Waals surface area contributed by atoms with Crippen LogP contribution in [-0.2, 0) is 0 Å². The molecule has 0 fully saturated rings. The summed E-state index contributed by atoms with van der Waals surface area (Å²) in [5, 5.41) is 30.9. The third-order valence-corrected chi connectivity index (χ3v) is 2.55. The third kappa shape index (κ3) is 4.08. The van der Waals surface area contributed by atoms with Crippen molar-refractivity contribution in [1.82, 2.24) is 5.32 Å². The maximum Gasteiger partial charge on any atom is 0.0914 e. The summed E-state index contributed by atoms with van der Waals surface area (Å²) in [6.07, 6.45) is -0.683. The normalized spacial score (nSPS) is 13.1. The molecule has 0 bridgehead atoms. The Morgan fingerprint density at radius 3 is 2.19 bits per heavy atom. The molecular weight excluding hydrogens is 230 g/mol. The van der Waals surface area contributed by atoms with Gasteiger partial charge in [-0.2, -0.15) is 0 Å². The molecule has 1 unspecified atom stereocenters. The lowest BCUT2D eigenvalue weighted by Gasteiger charge is -2.17. The van der Waals surface area contributed by atoms with E-state index in [-0.39, 0.29) is 19.8 Å². The first-order valence-electron chi connectivity index (χ1n) is 5.06. The number of nitrogens with one attached hydrogen (secondary N) is 1. The van der Waals surface area contributed by atoms with Gasteiger partial charge < -0.3 is 20.6 Å². The van der Waals surface area contributed by atoms with Crippen LogP contribution < -0.4 is 5.32 Å². The average Bonchev–Trinajstić information content (AvgIpc) is 2.31. The van der Waals surface area contributed by atoms with Crippen LogP contribution in [0.1, 0.15) is 11.7 Å². The van der Waals surface area contributed by atoms with Crippen molar-refractivity contribution in [2.75, 3.05) is 19.8 Å². The molecule has 4 N–H and O–H groups in total. The largest absolute Gasteiger partial charge is 0.395 e. The Kier molecular flexibility index (Phi) is 5.73. The summed E-state index contributed by atoms with van der Waals surface area (Å²) in [6, 6.07) is 6.48. The monoisotopic (exact) mass is 245 g/mol. The summed E-state index contributed by atoms with van der Waals surface area (Å²) in [6.45, 7) is -0.0545. The fraction of sp³-hybridized carbons (Fsp3) is 0.455. The second-order valence-electron chi connectivity index (χ2n) is 3.54. The van der Waals surface area contributed by atoms with Gasteiger partial charge in [0, 0.05) is 11.6 Å². The molecule has 0 aliphatic heterocycles. The molecule has 1 atom stereocenters. The number of benzene rings is 1. The first-order valence-corrected chi connectivity index (χ1v) is 5.43. The highest BCUT2D eigenvalue weighted by atomic mass is 35.5. The van der Waals surface area contributed by atoms with E-state index < -0.39 is 12.1 Å². The summed E-state index contributed by atoms with van der Waals surface area (Å²) in [5.74, 6) is 0. The molecule has 0 aliphatic carbocycles. The van der Waals surface area contributed by atoms with Crippen molar-refractivity contribution in [2.24, 2.45) is 0 Å². The molecule has 0 aliphatic rings. The summed E-state index contributed by atoms with van der Waals surface area (Å²) in [4.78, 5) is 0. The van der Waals surface area contributed by atoms with Gasteiger partial charge in [-0.1, -0.05) is 23.7 Å². The Bertz CT molecular complexity index is 301. The van der Waals surface area contributed by atoms with E-state index >= 15 is 0 Å². The van der Waals surface area contributed by atoms with Crippen LogP contribution in [0.15, 0.2) is 24.3 Å². The second kappa shape index (κ2) is 6.83. The zero-order chi connectivity index (χ0) is 12.0. The number of aliphatic hydroxyl groups is 3. The Hall–Kier alpha value is -0.650. The van der Waals surface area contributed by atoms with Crippen LogP contribution in [0.5, 0.6) is 0 Å². The van der Waals surface area contributed by atoms with Gasteiger partial charge in [-0.15, -0.1) is 0 Å². The first kappa shape index (κ1) is 13.4. The van der Waals surface area contributed by atoms with E-state index in [4.69, 9.17) is 21.8 Å². The molecular formula is C11H16ClNO3. The van der Waals surface area contributed by atoms with Gasteiger partial charge >= 0.3 is 0 Å². The number of halogens is 1. The highest BCUT2D eigenvalue weighted by Crippen LogP contribution is 2.15. The fourth-order valence-corrected chi connectivity index (χ4v) is 1.39. The molecule has 0 radical (unpaired) electrons. The van der Waals surface area contributed by atoms with Crippen molar-refractivity contribution in [2.45, 2.75) is 12.1 Å². The standard InChI is InChI=1S/C11H16ClNO3/c12-9-3-1-8(2-4-9)11(16)5-13-10(6-14)7-15/h1-4,10-11,13-16H,5-7H2. The number of aliphatic hydroxyl groups excluding tert-OH is 3. The van der Waals surface area contributed by atoms with Crippen molar-refractivity contribution in [3.8, 4) is 0 Å². The molecule has 16 heavy (non-hydrogen) atoms. The van der Waals surface area contributed by atoms with Gasteiger partial charge in [0.15, 0.2) is 0 Å². The maximum atomic E-state index is 9.78. The van der Waals surface area contributed by atoms with E-state index in [1.807, 2.05) is 0 Å². The number of hydrogen-bond donors (Lipinski definition) is 4. The summed E-state index contributed by atoms with van der Waals surface area (Å²) in [5.41, 5.74) is 0.742. The Labute approximate surface area is 99.5 Å². The van der Waals surface area contributed by atoms with Crippen LogP contribution >= 0.6 is 11.6 Å². The van der Waals surface area contributed by atoms with Gasteiger partial charge in [0.2, 0.25) is 0 Å². The van der Waals surface area contributed by atoms with E-state index in [1.54, 1.807) is 24.3 Å². The van der Waals surface area contributed by atoms with Gasteiger partial charge in [-0.25, -0.2) is 0 Å². The molecule has 1 rings (SSSR count). The molecule has 90 valence electrons. The quantitative estimate of drug-likeness (QED) is 0.582. The lowest BCUT2D eigenvalue weighted by atomic mass is 10.1. The Morgan fingerprint density at radius 1 is 1.12 bits per heavy atom. The summed E-state index contributed by atoms with van der Waals surface area (Å²) >= 11 is 5.73. The van der Waals surface area contributed by atoms with Crippen LogP contribution in [0, 0.1) is 0 Å². The Balaban J connectivity index is 2.46. The van der Waals surface area contributed by atoms with Crippen molar-refractivity contribution < 1.29 is 15.3 Å². The molecule has 1 aromatic rings. The predicted molar refractivity (Wildman–Crippen MR) is 62.4 cm³/mol. The minimum Gasteiger partial charge on any atom is -0.395 e. The molecule has 0 saturated heterocycles. The lowest BCUT2D eigenvalue weighted by Crippen LogP contribution is -2.38. The lowest BCUT2D eigenvalue weighted by molar-refractivity contribution is 0.135. The number of hydrogen-bond acceptors (Lipinski definition) is 4. The van der Waals surface area contributed by atoms with Crippen LogP contribution in [0.25, 0.3) is 0 Å². The first-order chi connectivity index (χ1) is 7.67. The fourth-order valence-electron chi connectivity index (χ4n) is 1.27. The smallest absolute Gasteiger partial charge is 0.0914 e. The second-order valence-corrected chi connectivity index (χ2v) is 3.97. The molecule has 0 heterocycles. The zero-order valence-electron chi connectivity index (χ0n) is 8.81. The van der Waals surface area contributed by atoms with Crippen molar-refractivity contribution in [1.29, 1.82) is 0 Å². The van der Waals surface area contributed by atoms with E-state index in [9.17, 15) is 5.11 Å². The molecule has 0 amide bonds.